The smallest absolute Gasteiger partial charge is 0.275 e. The van der Waals surface area contributed by atoms with E-state index in [2.05, 4.69) is 25.0 Å². The molecule has 0 fully saturated rings. The topological polar surface area (TPSA) is 114 Å². The summed E-state index contributed by atoms with van der Waals surface area (Å²) in [5.41, 5.74) is 1.64. The highest BCUT2D eigenvalue weighted by atomic mass is 32.2. The Bertz CT molecular complexity index is 1000. The van der Waals surface area contributed by atoms with Crippen LogP contribution in [0.5, 0.6) is 0 Å². The summed E-state index contributed by atoms with van der Waals surface area (Å²) in [7, 11) is -3.39. The van der Waals surface area contributed by atoms with Crippen molar-refractivity contribution < 1.29 is 13.2 Å². The number of hydrogen-bond donors (Lipinski definition) is 2. The fourth-order valence-electron chi connectivity index (χ4n) is 1.97. The first-order valence-electron chi connectivity index (χ1n) is 7.02. The number of anilines is 2. The first-order valence-corrected chi connectivity index (χ1v) is 9.79. The number of nitrogens with zero attached hydrogens (tertiary/aromatic N) is 3. The quantitative estimate of drug-likeness (QED) is 0.707. The molecule has 0 aliphatic heterocycles. The first-order chi connectivity index (χ1) is 11.9. The van der Waals surface area contributed by atoms with Crippen molar-refractivity contribution in [2.75, 3.05) is 16.3 Å². The number of nitrogens with one attached hydrogen (secondary N) is 2. The van der Waals surface area contributed by atoms with E-state index in [4.69, 9.17) is 0 Å². The Kier molecular flexibility index (Phi) is 4.72. The molecule has 1 amide bonds. The fourth-order valence-corrected chi connectivity index (χ4v) is 3.29. The number of rotatable bonds is 5. The predicted octanol–water partition coefficient (Wildman–Crippen LogP) is 2.22. The third-order valence-corrected chi connectivity index (χ3v) is 4.41. The van der Waals surface area contributed by atoms with E-state index in [0.29, 0.717) is 22.1 Å². The lowest BCUT2D eigenvalue weighted by atomic mass is 10.3. The molecule has 0 bridgehead atoms. The van der Waals surface area contributed by atoms with Gasteiger partial charge in [0.1, 0.15) is 16.4 Å². The van der Waals surface area contributed by atoms with E-state index in [-0.39, 0.29) is 5.69 Å². The van der Waals surface area contributed by atoms with Crippen LogP contribution in [0.3, 0.4) is 0 Å². The van der Waals surface area contributed by atoms with Gasteiger partial charge in [-0.1, -0.05) is 6.07 Å². The van der Waals surface area contributed by atoms with E-state index >= 15 is 0 Å². The van der Waals surface area contributed by atoms with Crippen LogP contribution in [0, 0.1) is 0 Å². The molecule has 1 aromatic carbocycles. The molecular formula is C15H13N5O3S2. The minimum absolute atomic E-state index is 0.243. The zero-order chi connectivity index (χ0) is 17.9. The fraction of sp³-hybridized carbons (Fsp3) is 0.0667. The number of amides is 1. The number of thiazole rings is 1. The normalized spacial score (nSPS) is 11.1. The van der Waals surface area contributed by atoms with Crippen LogP contribution in [-0.2, 0) is 10.0 Å². The Morgan fingerprint density at radius 2 is 2.00 bits per heavy atom. The molecule has 128 valence electrons. The van der Waals surface area contributed by atoms with Gasteiger partial charge in [-0.05, 0) is 18.2 Å². The number of hydrogen-bond acceptors (Lipinski definition) is 7. The van der Waals surface area contributed by atoms with E-state index in [1.165, 1.54) is 17.4 Å². The molecule has 0 saturated carbocycles. The van der Waals surface area contributed by atoms with Crippen LogP contribution in [0.1, 0.15) is 10.5 Å². The molecule has 0 unspecified atom stereocenters. The highest BCUT2D eigenvalue weighted by Crippen LogP contribution is 2.22. The van der Waals surface area contributed by atoms with Gasteiger partial charge in [-0.3, -0.25) is 19.5 Å². The molecule has 2 aromatic heterocycles. The van der Waals surface area contributed by atoms with Crippen molar-refractivity contribution in [2.24, 2.45) is 0 Å². The lowest BCUT2D eigenvalue weighted by Crippen LogP contribution is -2.13. The van der Waals surface area contributed by atoms with Gasteiger partial charge in [0.2, 0.25) is 10.0 Å². The average molecular weight is 375 g/mol. The Balaban J connectivity index is 1.75. The second kappa shape index (κ2) is 6.95. The van der Waals surface area contributed by atoms with Crippen LogP contribution in [0.4, 0.5) is 11.4 Å². The standard InChI is InChI=1S/C15H13N5O3S2/c1-25(22,23)20-11-4-2-3-10(7-11)18-14(21)13-9-24-15(19-13)12-8-16-5-6-17-12/h2-9,20H,1H3,(H,18,21). The van der Waals surface area contributed by atoms with Crippen LogP contribution >= 0.6 is 11.3 Å². The maximum Gasteiger partial charge on any atom is 0.275 e. The van der Waals surface area contributed by atoms with Gasteiger partial charge in [-0.25, -0.2) is 13.4 Å². The van der Waals surface area contributed by atoms with Crippen molar-refractivity contribution >= 4 is 38.6 Å². The van der Waals surface area contributed by atoms with E-state index in [9.17, 15) is 13.2 Å². The van der Waals surface area contributed by atoms with Crippen molar-refractivity contribution in [3.05, 3.63) is 53.9 Å². The van der Waals surface area contributed by atoms with Crippen molar-refractivity contribution in [2.45, 2.75) is 0 Å². The third-order valence-electron chi connectivity index (χ3n) is 2.94. The zero-order valence-corrected chi connectivity index (χ0v) is 14.6. The van der Waals surface area contributed by atoms with Gasteiger partial charge in [0.05, 0.1) is 18.1 Å². The lowest BCUT2D eigenvalue weighted by molar-refractivity contribution is 0.102. The van der Waals surface area contributed by atoms with Gasteiger partial charge in [0.15, 0.2) is 0 Å². The van der Waals surface area contributed by atoms with E-state index in [1.807, 2.05) is 0 Å². The molecule has 3 rings (SSSR count). The van der Waals surface area contributed by atoms with Gasteiger partial charge < -0.3 is 5.32 Å². The van der Waals surface area contributed by atoms with Crippen LogP contribution in [0.2, 0.25) is 0 Å². The largest absolute Gasteiger partial charge is 0.321 e. The van der Waals surface area contributed by atoms with E-state index < -0.39 is 15.9 Å². The summed E-state index contributed by atoms with van der Waals surface area (Å²) in [5, 5.41) is 4.90. The molecule has 0 saturated heterocycles. The van der Waals surface area contributed by atoms with Crippen LogP contribution < -0.4 is 10.0 Å². The second-order valence-electron chi connectivity index (χ2n) is 5.04. The Morgan fingerprint density at radius 3 is 2.72 bits per heavy atom. The van der Waals surface area contributed by atoms with E-state index in [0.717, 1.165) is 6.26 Å². The van der Waals surface area contributed by atoms with Crippen LogP contribution in [0.15, 0.2) is 48.2 Å². The highest BCUT2D eigenvalue weighted by molar-refractivity contribution is 7.92. The van der Waals surface area contributed by atoms with Gasteiger partial charge in [0, 0.05) is 23.5 Å². The third kappa shape index (κ3) is 4.58. The van der Waals surface area contributed by atoms with Crippen molar-refractivity contribution in [1.82, 2.24) is 15.0 Å². The summed E-state index contributed by atoms with van der Waals surface area (Å²) in [4.78, 5) is 24.7. The molecule has 25 heavy (non-hydrogen) atoms. The molecule has 2 heterocycles. The predicted molar refractivity (Wildman–Crippen MR) is 96.0 cm³/mol. The Hall–Kier alpha value is -2.85. The molecule has 0 aliphatic carbocycles. The van der Waals surface area contributed by atoms with Crippen LogP contribution in [-0.4, -0.2) is 35.5 Å². The summed E-state index contributed by atoms with van der Waals surface area (Å²) >= 11 is 1.29. The van der Waals surface area contributed by atoms with E-state index in [1.54, 1.807) is 42.2 Å². The first kappa shape index (κ1) is 17.0. The molecule has 0 aliphatic rings. The number of aromatic nitrogens is 3. The highest BCUT2D eigenvalue weighted by Gasteiger charge is 2.13. The Labute approximate surface area is 148 Å². The summed E-state index contributed by atoms with van der Waals surface area (Å²) in [6, 6.07) is 6.40. The van der Waals surface area contributed by atoms with Crippen LogP contribution in [0.25, 0.3) is 10.7 Å². The van der Waals surface area contributed by atoms with Gasteiger partial charge in [0.25, 0.3) is 5.91 Å². The average Bonchev–Trinajstić information content (AvgIpc) is 3.04. The van der Waals surface area contributed by atoms with Crippen molar-refractivity contribution in [3.63, 3.8) is 0 Å². The molecule has 3 aromatic rings. The maximum absolute atomic E-state index is 12.3. The van der Waals surface area contributed by atoms with Gasteiger partial charge in [-0.2, -0.15) is 0 Å². The molecule has 0 radical (unpaired) electrons. The summed E-state index contributed by atoms with van der Waals surface area (Å²) in [6.45, 7) is 0. The summed E-state index contributed by atoms with van der Waals surface area (Å²) < 4.78 is 24.9. The molecule has 10 heteroatoms. The lowest BCUT2D eigenvalue weighted by Gasteiger charge is -2.07. The Morgan fingerprint density at radius 1 is 1.20 bits per heavy atom. The minimum atomic E-state index is -3.39. The summed E-state index contributed by atoms with van der Waals surface area (Å²) in [6.07, 6.45) is 5.74. The molecule has 2 N–H and O–H groups in total. The van der Waals surface area contributed by atoms with Crippen molar-refractivity contribution in [3.8, 4) is 10.7 Å². The molecule has 8 nitrogen and oxygen atoms in total. The second-order valence-corrected chi connectivity index (χ2v) is 7.64. The molecular weight excluding hydrogens is 362 g/mol. The SMILES string of the molecule is CS(=O)(=O)Nc1cccc(NC(=O)c2csc(-c3cnccn3)n2)c1. The monoisotopic (exact) mass is 375 g/mol. The minimum Gasteiger partial charge on any atom is -0.321 e. The number of sulfonamides is 1. The maximum atomic E-state index is 12.3. The number of carbonyl (C=O) groups is 1. The van der Waals surface area contributed by atoms with Gasteiger partial charge in [-0.15, -0.1) is 11.3 Å². The molecule has 0 spiro atoms. The zero-order valence-electron chi connectivity index (χ0n) is 13.0. The van der Waals surface area contributed by atoms with Gasteiger partial charge >= 0.3 is 0 Å². The number of carbonyl (C=O) groups excluding carboxylic acids is 1. The number of benzene rings is 1. The summed E-state index contributed by atoms with van der Waals surface area (Å²) in [5.74, 6) is -0.400. The van der Waals surface area contributed by atoms with Crippen molar-refractivity contribution in [1.29, 1.82) is 0 Å². The molecule has 0 atom stereocenters.